The number of aromatic nitrogens is 3. The summed E-state index contributed by atoms with van der Waals surface area (Å²) in [4.78, 5) is 25.3. The molecular weight excluding hydrogens is 344 g/mol. The van der Waals surface area contributed by atoms with Gasteiger partial charge >= 0.3 is 0 Å². The summed E-state index contributed by atoms with van der Waals surface area (Å²) < 4.78 is 8.20. The van der Waals surface area contributed by atoms with Crippen LogP contribution < -0.4 is 15.6 Å². The molecule has 0 saturated heterocycles. The van der Waals surface area contributed by atoms with E-state index < -0.39 is 0 Å². The first-order valence-electron chi connectivity index (χ1n) is 9.08. The molecule has 1 aliphatic rings. The predicted octanol–water partition coefficient (Wildman–Crippen LogP) is 2.27. The van der Waals surface area contributed by atoms with Gasteiger partial charge in [-0.05, 0) is 49.4 Å². The van der Waals surface area contributed by atoms with E-state index in [0.717, 1.165) is 36.3 Å². The smallest absolute Gasteiger partial charge is 0.277 e. The lowest BCUT2D eigenvalue weighted by atomic mass is 9.88. The Hall–Kier alpha value is -3.09. The molecule has 1 amide bonds. The van der Waals surface area contributed by atoms with Crippen LogP contribution in [0.1, 0.15) is 24.6 Å². The summed E-state index contributed by atoms with van der Waals surface area (Å²) in [5.74, 6) is 1.000. The molecule has 0 unspecified atom stereocenters. The van der Waals surface area contributed by atoms with Crippen molar-refractivity contribution in [1.29, 1.82) is 0 Å². The fourth-order valence-electron chi connectivity index (χ4n) is 3.60. The summed E-state index contributed by atoms with van der Waals surface area (Å²) in [5.41, 5.74) is 3.11. The van der Waals surface area contributed by atoms with Gasteiger partial charge in [-0.3, -0.25) is 9.59 Å². The number of carbonyl (C=O) groups is 1. The second kappa shape index (κ2) is 6.90. The molecule has 0 bridgehead atoms. The number of amides is 1. The molecule has 1 N–H and O–H groups in total. The second-order valence-electron chi connectivity index (χ2n) is 7.07. The van der Waals surface area contributed by atoms with E-state index in [1.54, 1.807) is 48.3 Å². The maximum atomic E-state index is 12.9. The van der Waals surface area contributed by atoms with Gasteiger partial charge in [-0.1, -0.05) is 6.92 Å². The van der Waals surface area contributed by atoms with Crippen LogP contribution in [0.3, 0.4) is 0 Å². The molecule has 7 nitrogen and oxygen atoms in total. The molecule has 0 saturated carbocycles. The van der Waals surface area contributed by atoms with Crippen LogP contribution in [0.4, 0.5) is 5.69 Å². The van der Waals surface area contributed by atoms with Crippen LogP contribution in [-0.2, 0) is 24.2 Å². The van der Waals surface area contributed by atoms with Crippen LogP contribution >= 0.6 is 0 Å². The minimum absolute atomic E-state index is 0.0448. The van der Waals surface area contributed by atoms with E-state index in [9.17, 15) is 9.59 Å². The number of methoxy groups -OCH3 is 1. The Morgan fingerprint density at radius 1 is 1.30 bits per heavy atom. The highest BCUT2D eigenvalue weighted by molar-refractivity contribution is 5.90. The topological polar surface area (TPSA) is 77.6 Å². The number of nitrogens with one attached hydrogen (secondary N) is 1. The lowest BCUT2D eigenvalue weighted by molar-refractivity contribution is -0.116. The lowest BCUT2D eigenvalue weighted by Crippen LogP contribution is -2.28. The average molecular weight is 366 g/mol. The highest BCUT2D eigenvalue weighted by Crippen LogP contribution is 2.26. The number of rotatable bonds is 4. The Morgan fingerprint density at radius 2 is 2.07 bits per heavy atom. The molecule has 0 fully saturated rings. The molecular formula is C20H22N4O3. The van der Waals surface area contributed by atoms with Crippen LogP contribution in [0.15, 0.2) is 41.5 Å². The second-order valence-corrected chi connectivity index (χ2v) is 7.07. The van der Waals surface area contributed by atoms with Crippen molar-refractivity contribution in [2.75, 3.05) is 12.4 Å². The van der Waals surface area contributed by atoms with Crippen LogP contribution in [0, 0.1) is 5.92 Å². The Balaban J connectivity index is 1.58. The molecule has 0 radical (unpaired) electrons. The number of hydrogen-bond donors (Lipinski definition) is 1. The molecule has 1 aliphatic carbocycles. The first-order valence-corrected chi connectivity index (χ1v) is 9.08. The molecule has 2 aromatic heterocycles. The molecule has 3 aromatic rings. The third-order valence-electron chi connectivity index (χ3n) is 5.06. The lowest BCUT2D eigenvalue weighted by Gasteiger charge is -2.16. The first kappa shape index (κ1) is 17.3. The van der Waals surface area contributed by atoms with Gasteiger partial charge in [-0.2, -0.15) is 5.10 Å². The molecule has 27 heavy (non-hydrogen) atoms. The first-order chi connectivity index (χ1) is 13.0. The minimum Gasteiger partial charge on any atom is -0.497 e. The predicted molar refractivity (Wildman–Crippen MR) is 102 cm³/mol. The van der Waals surface area contributed by atoms with Crippen molar-refractivity contribution in [3.63, 3.8) is 0 Å². The fraction of sp³-hybridized carbons (Fsp3) is 0.350. The van der Waals surface area contributed by atoms with E-state index in [-0.39, 0.29) is 18.0 Å². The zero-order chi connectivity index (χ0) is 19.0. The summed E-state index contributed by atoms with van der Waals surface area (Å²) in [5, 5.41) is 7.35. The van der Waals surface area contributed by atoms with Crippen molar-refractivity contribution in [3.05, 3.63) is 58.3 Å². The molecule has 2 heterocycles. The van der Waals surface area contributed by atoms with Gasteiger partial charge in [0.15, 0.2) is 0 Å². The monoisotopic (exact) mass is 366 g/mol. The molecule has 1 aromatic carbocycles. The quantitative estimate of drug-likeness (QED) is 0.768. The summed E-state index contributed by atoms with van der Waals surface area (Å²) in [6, 6.07) is 7.07. The molecule has 4 rings (SSSR count). The Kier molecular flexibility index (Phi) is 4.43. The van der Waals surface area contributed by atoms with E-state index in [1.165, 1.54) is 4.57 Å². The number of anilines is 1. The van der Waals surface area contributed by atoms with Crippen LogP contribution in [0.5, 0.6) is 5.75 Å². The zero-order valence-electron chi connectivity index (χ0n) is 15.4. The molecule has 1 atom stereocenters. The zero-order valence-corrected chi connectivity index (χ0v) is 15.4. The van der Waals surface area contributed by atoms with Crippen molar-refractivity contribution >= 4 is 17.1 Å². The molecule has 0 spiro atoms. The van der Waals surface area contributed by atoms with Gasteiger partial charge in [0.05, 0.1) is 12.8 Å². The summed E-state index contributed by atoms with van der Waals surface area (Å²) in [6.07, 6.45) is 6.21. The standard InChI is InChI=1S/C20H22N4O3/c1-13-3-8-17-16(11-13)19-20(26)23(9-10-24(19)22-17)12-18(25)21-14-4-6-15(27-2)7-5-14/h4-7,9-10,13H,3,8,11-12H2,1-2H3,(H,21,25)/t13-/m0/s1. The third-order valence-corrected chi connectivity index (χ3v) is 5.06. The number of hydrogen-bond acceptors (Lipinski definition) is 4. The highest BCUT2D eigenvalue weighted by atomic mass is 16.5. The van der Waals surface area contributed by atoms with E-state index in [2.05, 4.69) is 17.3 Å². The highest BCUT2D eigenvalue weighted by Gasteiger charge is 2.23. The van der Waals surface area contributed by atoms with Gasteiger partial charge in [0.25, 0.3) is 5.56 Å². The largest absolute Gasteiger partial charge is 0.497 e. The van der Waals surface area contributed by atoms with Crippen molar-refractivity contribution in [2.45, 2.75) is 32.7 Å². The van der Waals surface area contributed by atoms with Crippen LogP contribution in [0.2, 0.25) is 0 Å². The third kappa shape index (κ3) is 3.32. The summed E-state index contributed by atoms with van der Waals surface area (Å²) in [7, 11) is 1.59. The number of benzene rings is 1. The van der Waals surface area contributed by atoms with E-state index in [1.807, 2.05) is 0 Å². The SMILES string of the molecule is COc1ccc(NC(=O)Cn2ccn3nc4c(c3c2=O)C[C@@H](C)CC4)cc1. The minimum atomic E-state index is -0.256. The van der Waals surface area contributed by atoms with Gasteiger partial charge in [-0.25, -0.2) is 4.52 Å². The number of ether oxygens (including phenoxy) is 1. The normalized spacial score (nSPS) is 16.1. The van der Waals surface area contributed by atoms with Crippen molar-refractivity contribution in [1.82, 2.24) is 14.2 Å². The fourth-order valence-corrected chi connectivity index (χ4v) is 3.60. The number of aryl methyl sites for hydroxylation is 1. The molecule has 140 valence electrons. The van der Waals surface area contributed by atoms with Gasteiger partial charge < -0.3 is 14.6 Å². The van der Waals surface area contributed by atoms with Gasteiger partial charge in [0, 0.05) is 23.6 Å². The van der Waals surface area contributed by atoms with E-state index in [4.69, 9.17) is 4.74 Å². The Bertz CT molecular complexity index is 1050. The van der Waals surface area contributed by atoms with Crippen LogP contribution in [-0.4, -0.2) is 27.2 Å². The van der Waals surface area contributed by atoms with E-state index in [0.29, 0.717) is 17.1 Å². The summed E-state index contributed by atoms with van der Waals surface area (Å²) in [6.45, 7) is 2.15. The van der Waals surface area contributed by atoms with Crippen molar-refractivity contribution in [3.8, 4) is 5.75 Å². The van der Waals surface area contributed by atoms with Gasteiger partial charge in [0.1, 0.15) is 17.8 Å². The maximum Gasteiger partial charge on any atom is 0.277 e. The maximum absolute atomic E-state index is 12.9. The summed E-state index contributed by atoms with van der Waals surface area (Å²) >= 11 is 0. The average Bonchev–Trinajstić information content (AvgIpc) is 3.03. The van der Waals surface area contributed by atoms with Crippen molar-refractivity contribution in [2.24, 2.45) is 5.92 Å². The van der Waals surface area contributed by atoms with Gasteiger partial charge in [-0.15, -0.1) is 0 Å². The Labute approximate surface area is 156 Å². The Morgan fingerprint density at radius 3 is 2.81 bits per heavy atom. The van der Waals surface area contributed by atoms with Crippen molar-refractivity contribution < 1.29 is 9.53 Å². The number of carbonyl (C=O) groups excluding carboxylic acids is 1. The molecule has 7 heteroatoms. The van der Waals surface area contributed by atoms with Gasteiger partial charge in [0.2, 0.25) is 5.91 Å². The molecule has 0 aliphatic heterocycles. The van der Waals surface area contributed by atoms with Crippen LogP contribution in [0.25, 0.3) is 5.52 Å². The number of fused-ring (bicyclic) bond motifs is 3. The number of nitrogens with zero attached hydrogens (tertiary/aromatic N) is 3. The van der Waals surface area contributed by atoms with E-state index >= 15 is 0 Å².